The number of sulfonamides is 1. The van der Waals surface area contributed by atoms with Crippen LogP contribution in [0.1, 0.15) is 12.0 Å². The van der Waals surface area contributed by atoms with Gasteiger partial charge in [0.1, 0.15) is 5.82 Å². The molecule has 1 rings (SSSR count). The van der Waals surface area contributed by atoms with E-state index in [0.29, 0.717) is 24.4 Å². The third-order valence-corrected chi connectivity index (χ3v) is 3.72. The first-order chi connectivity index (χ1) is 7.96. The molecule has 0 spiro atoms. The van der Waals surface area contributed by atoms with Crippen molar-refractivity contribution in [2.75, 3.05) is 25.2 Å². The van der Waals surface area contributed by atoms with Gasteiger partial charge in [0.05, 0.1) is 11.9 Å². The van der Waals surface area contributed by atoms with Gasteiger partial charge in [0.25, 0.3) is 0 Å². The molecule has 1 aromatic heterocycles. The molecule has 7 nitrogen and oxygen atoms in total. The van der Waals surface area contributed by atoms with E-state index in [-0.39, 0.29) is 12.3 Å². The molecule has 0 unspecified atom stereocenters. The quantitative estimate of drug-likeness (QED) is 0.643. The molecule has 0 atom stereocenters. The Morgan fingerprint density at radius 1 is 1.59 bits per heavy atom. The summed E-state index contributed by atoms with van der Waals surface area (Å²) in [5.74, 6) is 0.505. The number of methoxy groups -OCH3 is 1. The molecular weight excluding hydrogens is 244 g/mol. The second-order valence-corrected chi connectivity index (χ2v) is 5.59. The molecule has 0 aliphatic rings. The fourth-order valence-electron chi connectivity index (χ4n) is 1.28. The Labute approximate surface area is 101 Å². The lowest BCUT2D eigenvalue weighted by molar-refractivity contribution is 0.199. The van der Waals surface area contributed by atoms with E-state index in [1.54, 1.807) is 13.2 Å². The Morgan fingerprint density at radius 3 is 2.82 bits per heavy atom. The van der Waals surface area contributed by atoms with Gasteiger partial charge in [0.2, 0.25) is 10.0 Å². The average molecular weight is 262 g/mol. The van der Waals surface area contributed by atoms with Crippen molar-refractivity contribution in [3.8, 4) is 0 Å². The van der Waals surface area contributed by atoms with Crippen molar-refractivity contribution in [2.45, 2.75) is 13.0 Å². The van der Waals surface area contributed by atoms with Crippen LogP contribution in [0.2, 0.25) is 0 Å². The molecule has 1 aromatic rings. The molecule has 0 fully saturated rings. The summed E-state index contributed by atoms with van der Waals surface area (Å²) in [6, 6.07) is 0. The van der Waals surface area contributed by atoms with Gasteiger partial charge in [0, 0.05) is 32.9 Å². The standard InChI is InChI=1S/C9H18N4O3S/c1-13-9(10)8(6-11-13)7-12-17(14,15)5-3-4-16-2/h6,12H,3-5,7,10H2,1-2H3. The maximum atomic E-state index is 11.6. The molecule has 98 valence electrons. The number of nitrogens with zero attached hydrogens (tertiary/aromatic N) is 2. The van der Waals surface area contributed by atoms with Crippen LogP contribution in [0.15, 0.2) is 6.20 Å². The number of aromatic nitrogens is 2. The van der Waals surface area contributed by atoms with Crippen molar-refractivity contribution in [3.63, 3.8) is 0 Å². The minimum absolute atomic E-state index is 0.0427. The Morgan fingerprint density at radius 2 is 2.29 bits per heavy atom. The first-order valence-electron chi connectivity index (χ1n) is 5.19. The molecule has 0 aliphatic heterocycles. The number of hydrogen-bond acceptors (Lipinski definition) is 5. The molecule has 1 heterocycles. The smallest absolute Gasteiger partial charge is 0.211 e. The first kappa shape index (κ1) is 13.9. The monoisotopic (exact) mass is 262 g/mol. The molecule has 0 saturated heterocycles. The van der Waals surface area contributed by atoms with Crippen molar-refractivity contribution in [2.24, 2.45) is 7.05 Å². The summed E-state index contributed by atoms with van der Waals surface area (Å²) in [6.07, 6.45) is 2.02. The second kappa shape index (κ2) is 5.99. The van der Waals surface area contributed by atoms with Crippen LogP contribution in [-0.4, -0.2) is 37.7 Å². The lowest BCUT2D eigenvalue weighted by Crippen LogP contribution is -2.26. The molecule has 0 bridgehead atoms. The number of nitrogen functional groups attached to an aromatic ring is 1. The summed E-state index contributed by atoms with van der Waals surface area (Å²) in [6.45, 7) is 0.588. The second-order valence-electron chi connectivity index (χ2n) is 3.66. The van der Waals surface area contributed by atoms with Crippen LogP contribution in [0.25, 0.3) is 0 Å². The molecule has 0 amide bonds. The molecular formula is C9H18N4O3S. The minimum Gasteiger partial charge on any atom is -0.385 e. The SMILES string of the molecule is COCCCS(=O)(=O)NCc1cnn(C)c1N. The van der Waals surface area contributed by atoms with Gasteiger partial charge >= 0.3 is 0 Å². The van der Waals surface area contributed by atoms with E-state index in [4.69, 9.17) is 10.5 Å². The Balaban J connectivity index is 2.47. The normalized spacial score (nSPS) is 11.9. The number of aryl methyl sites for hydroxylation is 1. The average Bonchev–Trinajstić information content (AvgIpc) is 2.58. The molecule has 17 heavy (non-hydrogen) atoms. The zero-order chi connectivity index (χ0) is 12.9. The summed E-state index contributed by atoms with van der Waals surface area (Å²) in [7, 11) is -0.0437. The zero-order valence-corrected chi connectivity index (χ0v) is 10.8. The van der Waals surface area contributed by atoms with Gasteiger partial charge in [-0.2, -0.15) is 5.10 Å². The van der Waals surface area contributed by atoms with Crippen molar-refractivity contribution in [1.82, 2.24) is 14.5 Å². The largest absolute Gasteiger partial charge is 0.385 e. The Kier molecular flexibility index (Phi) is 4.91. The number of nitrogens with one attached hydrogen (secondary N) is 1. The summed E-state index contributed by atoms with van der Waals surface area (Å²) in [5, 5.41) is 3.93. The highest BCUT2D eigenvalue weighted by Gasteiger charge is 2.12. The summed E-state index contributed by atoms with van der Waals surface area (Å²) in [5.41, 5.74) is 6.37. The van der Waals surface area contributed by atoms with Gasteiger partial charge < -0.3 is 10.5 Å². The molecule has 0 saturated carbocycles. The van der Waals surface area contributed by atoms with E-state index in [2.05, 4.69) is 9.82 Å². The van der Waals surface area contributed by atoms with Crippen molar-refractivity contribution in [1.29, 1.82) is 0 Å². The van der Waals surface area contributed by atoms with Gasteiger partial charge in [-0.25, -0.2) is 13.1 Å². The highest BCUT2D eigenvalue weighted by Crippen LogP contribution is 2.08. The van der Waals surface area contributed by atoms with Crippen LogP contribution in [-0.2, 0) is 28.4 Å². The van der Waals surface area contributed by atoms with E-state index in [0.717, 1.165) is 0 Å². The topological polar surface area (TPSA) is 99.2 Å². The fourth-order valence-corrected chi connectivity index (χ4v) is 2.30. The molecule has 8 heteroatoms. The highest BCUT2D eigenvalue weighted by molar-refractivity contribution is 7.89. The van der Waals surface area contributed by atoms with Crippen LogP contribution in [0.4, 0.5) is 5.82 Å². The van der Waals surface area contributed by atoms with Crippen molar-refractivity contribution < 1.29 is 13.2 Å². The van der Waals surface area contributed by atoms with Crippen molar-refractivity contribution >= 4 is 15.8 Å². The van der Waals surface area contributed by atoms with E-state index in [1.165, 1.54) is 11.8 Å². The predicted octanol–water partition coefficient (Wildman–Crippen LogP) is -0.542. The Bertz CT molecular complexity index is 455. The van der Waals surface area contributed by atoms with Crippen molar-refractivity contribution in [3.05, 3.63) is 11.8 Å². The minimum atomic E-state index is -3.28. The van der Waals surface area contributed by atoms with Gasteiger partial charge in [-0.15, -0.1) is 0 Å². The third kappa shape index (κ3) is 4.33. The van der Waals surface area contributed by atoms with E-state index in [1.807, 2.05) is 0 Å². The molecule has 0 radical (unpaired) electrons. The van der Waals surface area contributed by atoms with Crippen LogP contribution < -0.4 is 10.5 Å². The van der Waals surface area contributed by atoms with Crippen LogP contribution in [0.5, 0.6) is 0 Å². The van der Waals surface area contributed by atoms with E-state index < -0.39 is 10.0 Å². The Hall–Kier alpha value is -1.12. The van der Waals surface area contributed by atoms with Gasteiger partial charge in [0.15, 0.2) is 0 Å². The first-order valence-corrected chi connectivity index (χ1v) is 6.84. The lowest BCUT2D eigenvalue weighted by atomic mass is 10.3. The van der Waals surface area contributed by atoms with Gasteiger partial charge in [-0.3, -0.25) is 4.68 Å². The zero-order valence-electron chi connectivity index (χ0n) is 10.0. The summed E-state index contributed by atoms with van der Waals surface area (Å²) in [4.78, 5) is 0. The number of hydrogen-bond donors (Lipinski definition) is 2. The molecule has 0 aliphatic carbocycles. The molecule has 0 aromatic carbocycles. The maximum absolute atomic E-state index is 11.6. The summed E-state index contributed by atoms with van der Waals surface area (Å²) < 4.78 is 31.9. The number of nitrogens with two attached hydrogens (primary N) is 1. The predicted molar refractivity (Wildman–Crippen MR) is 64.7 cm³/mol. The summed E-state index contributed by atoms with van der Waals surface area (Å²) >= 11 is 0. The fraction of sp³-hybridized carbons (Fsp3) is 0.667. The highest BCUT2D eigenvalue weighted by atomic mass is 32.2. The lowest BCUT2D eigenvalue weighted by Gasteiger charge is -2.06. The molecule has 3 N–H and O–H groups in total. The van der Waals surface area contributed by atoms with Gasteiger partial charge in [-0.05, 0) is 6.42 Å². The third-order valence-electron chi connectivity index (χ3n) is 2.31. The van der Waals surface area contributed by atoms with Crippen LogP contribution in [0, 0.1) is 0 Å². The number of rotatable bonds is 7. The number of anilines is 1. The maximum Gasteiger partial charge on any atom is 0.211 e. The van der Waals surface area contributed by atoms with Gasteiger partial charge in [-0.1, -0.05) is 0 Å². The van der Waals surface area contributed by atoms with Crippen LogP contribution in [0.3, 0.4) is 0 Å². The van der Waals surface area contributed by atoms with E-state index in [9.17, 15) is 8.42 Å². The van der Waals surface area contributed by atoms with E-state index >= 15 is 0 Å². The number of ether oxygens (including phenoxy) is 1. The van der Waals surface area contributed by atoms with Crippen LogP contribution >= 0.6 is 0 Å².